The highest BCUT2D eigenvalue weighted by Gasteiger charge is 2.35. The van der Waals surface area contributed by atoms with Gasteiger partial charge in [-0.15, -0.1) is 0 Å². The summed E-state index contributed by atoms with van der Waals surface area (Å²) in [7, 11) is -1.24. The van der Waals surface area contributed by atoms with E-state index in [1.165, 1.54) is 5.56 Å². The number of hydrogen-bond donors (Lipinski definition) is 1. The highest BCUT2D eigenvalue weighted by Crippen LogP contribution is 2.37. The average Bonchev–Trinajstić information content (AvgIpc) is 2.46. The normalized spacial score (nSPS) is 26.8. The first-order valence-corrected chi connectivity index (χ1v) is 5.19. The van der Waals surface area contributed by atoms with Gasteiger partial charge in [-0.25, -0.2) is 0 Å². The Hall–Kier alpha value is -0.630. The average molecular weight is 197 g/mol. The van der Waals surface area contributed by atoms with E-state index in [0.29, 0.717) is 0 Å². The summed E-state index contributed by atoms with van der Waals surface area (Å²) in [5, 5.41) is 0. The van der Waals surface area contributed by atoms with Gasteiger partial charge in [-0.1, -0.05) is 24.3 Å². The fourth-order valence-electron chi connectivity index (χ4n) is 1.81. The maximum Gasteiger partial charge on any atom is 0.181 e. The van der Waals surface area contributed by atoms with Crippen LogP contribution in [0.3, 0.4) is 0 Å². The minimum atomic E-state index is -1.24. The lowest BCUT2D eigenvalue weighted by molar-refractivity contribution is 0.0925. The molecule has 0 aliphatic heterocycles. The molecule has 3 nitrogen and oxygen atoms in total. The van der Waals surface area contributed by atoms with Crippen molar-refractivity contribution in [2.24, 2.45) is 5.73 Å². The topological polar surface area (TPSA) is 52.3 Å². The van der Waals surface area contributed by atoms with E-state index in [-0.39, 0.29) is 0 Å². The van der Waals surface area contributed by atoms with Crippen LogP contribution in [0.15, 0.2) is 24.3 Å². The van der Waals surface area contributed by atoms with Crippen molar-refractivity contribution in [3.8, 4) is 0 Å². The standard InChI is InChI=1S/C9H12NO2P/c10-9(12-13-11)6-5-7-3-1-2-4-8(7)9/h1-4H,5-6,10,13H2. The molecule has 2 unspecified atom stereocenters. The third-order valence-corrected chi connectivity index (χ3v) is 3.01. The molecule has 2 N–H and O–H groups in total. The van der Waals surface area contributed by atoms with E-state index in [2.05, 4.69) is 0 Å². The van der Waals surface area contributed by atoms with Crippen LogP contribution in [-0.2, 0) is 21.2 Å². The Kier molecular flexibility index (Phi) is 2.24. The van der Waals surface area contributed by atoms with Gasteiger partial charge in [0.15, 0.2) is 8.69 Å². The predicted molar refractivity (Wildman–Crippen MR) is 52.1 cm³/mol. The van der Waals surface area contributed by atoms with E-state index < -0.39 is 14.4 Å². The first-order valence-electron chi connectivity index (χ1n) is 4.25. The molecule has 4 heteroatoms. The quantitative estimate of drug-likeness (QED) is 0.576. The van der Waals surface area contributed by atoms with Crippen LogP contribution >= 0.6 is 8.69 Å². The van der Waals surface area contributed by atoms with Crippen LogP contribution in [-0.4, -0.2) is 0 Å². The summed E-state index contributed by atoms with van der Waals surface area (Å²) in [5.41, 5.74) is 7.37. The summed E-state index contributed by atoms with van der Waals surface area (Å²) in [4.78, 5) is 0. The summed E-state index contributed by atoms with van der Waals surface area (Å²) in [6.07, 6.45) is 1.63. The molecule has 2 rings (SSSR count). The van der Waals surface area contributed by atoms with Crippen LogP contribution in [0.2, 0.25) is 0 Å². The van der Waals surface area contributed by atoms with E-state index in [0.717, 1.165) is 18.4 Å². The lowest BCUT2D eigenvalue weighted by Crippen LogP contribution is -2.34. The van der Waals surface area contributed by atoms with Gasteiger partial charge in [0.25, 0.3) is 0 Å². The Morgan fingerprint density at radius 3 is 3.00 bits per heavy atom. The van der Waals surface area contributed by atoms with Crippen molar-refractivity contribution in [3.63, 3.8) is 0 Å². The fraction of sp³-hybridized carbons (Fsp3) is 0.333. The Morgan fingerprint density at radius 2 is 2.23 bits per heavy atom. The van der Waals surface area contributed by atoms with Crippen LogP contribution in [0.4, 0.5) is 0 Å². The Morgan fingerprint density at radius 1 is 1.46 bits per heavy atom. The largest absolute Gasteiger partial charge is 0.306 e. The molecule has 0 heterocycles. The first kappa shape index (κ1) is 8.95. The van der Waals surface area contributed by atoms with Gasteiger partial charge in [-0.2, -0.15) is 0 Å². The zero-order valence-corrected chi connectivity index (χ0v) is 8.35. The fourth-order valence-corrected chi connectivity index (χ4v) is 2.23. The van der Waals surface area contributed by atoms with Crippen LogP contribution in [0.5, 0.6) is 0 Å². The molecule has 0 fully saturated rings. The van der Waals surface area contributed by atoms with Crippen molar-refractivity contribution < 1.29 is 9.09 Å². The monoisotopic (exact) mass is 197 g/mol. The van der Waals surface area contributed by atoms with Gasteiger partial charge in [-0.05, 0) is 18.4 Å². The van der Waals surface area contributed by atoms with Crippen molar-refractivity contribution in [1.29, 1.82) is 0 Å². The van der Waals surface area contributed by atoms with Gasteiger partial charge in [0.05, 0.1) is 0 Å². The van der Waals surface area contributed by atoms with Crippen LogP contribution in [0.1, 0.15) is 17.5 Å². The van der Waals surface area contributed by atoms with Gasteiger partial charge in [-0.3, -0.25) is 10.3 Å². The minimum Gasteiger partial charge on any atom is -0.306 e. The summed E-state index contributed by atoms with van der Waals surface area (Å²) in [6, 6.07) is 7.88. The maximum atomic E-state index is 10.5. The molecule has 70 valence electrons. The molecule has 0 amide bonds. The van der Waals surface area contributed by atoms with E-state index in [1.54, 1.807) is 0 Å². The molecule has 13 heavy (non-hydrogen) atoms. The van der Waals surface area contributed by atoms with Gasteiger partial charge in [0.2, 0.25) is 0 Å². The number of hydrogen-bond acceptors (Lipinski definition) is 3. The SMILES string of the molecule is NC1(O[PH2]=O)CCc2ccccc21. The number of nitrogens with two attached hydrogens (primary N) is 1. The molecular formula is C9H12NO2P. The van der Waals surface area contributed by atoms with Crippen molar-refractivity contribution in [2.45, 2.75) is 18.6 Å². The third-order valence-electron chi connectivity index (χ3n) is 2.50. The Balaban J connectivity index is 2.42. The smallest absolute Gasteiger partial charge is 0.181 e. The van der Waals surface area contributed by atoms with Crippen molar-refractivity contribution in [2.75, 3.05) is 0 Å². The van der Waals surface area contributed by atoms with Crippen LogP contribution < -0.4 is 5.73 Å². The number of aryl methyl sites for hydroxylation is 1. The highest BCUT2D eigenvalue weighted by molar-refractivity contribution is 7.17. The summed E-state index contributed by atoms with van der Waals surface area (Å²) >= 11 is 0. The second kappa shape index (κ2) is 3.26. The molecular weight excluding hydrogens is 185 g/mol. The molecule has 2 atom stereocenters. The maximum absolute atomic E-state index is 10.5. The summed E-state index contributed by atoms with van der Waals surface area (Å²) in [6.45, 7) is 0. The van der Waals surface area contributed by atoms with E-state index in [9.17, 15) is 4.57 Å². The Labute approximate surface area is 78.2 Å². The molecule has 0 saturated heterocycles. The zero-order valence-electron chi connectivity index (χ0n) is 7.19. The number of rotatable bonds is 2. The number of benzene rings is 1. The van der Waals surface area contributed by atoms with Crippen LogP contribution in [0.25, 0.3) is 0 Å². The first-order chi connectivity index (χ1) is 6.26. The van der Waals surface area contributed by atoms with E-state index in [1.807, 2.05) is 24.3 Å². The van der Waals surface area contributed by atoms with Crippen LogP contribution in [0, 0.1) is 0 Å². The van der Waals surface area contributed by atoms with Crippen molar-refractivity contribution in [3.05, 3.63) is 35.4 Å². The van der Waals surface area contributed by atoms with Crippen molar-refractivity contribution in [1.82, 2.24) is 0 Å². The molecule has 1 aromatic rings. The van der Waals surface area contributed by atoms with Gasteiger partial charge < -0.3 is 4.52 Å². The molecule has 0 saturated carbocycles. The predicted octanol–water partition coefficient (Wildman–Crippen LogP) is 1.43. The van der Waals surface area contributed by atoms with Crippen molar-refractivity contribution >= 4 is 8.69 Å². The zero-order chi connectivity index (χ0) is 9.31. The summed E-state index contributed by atoms with van der Waals surface area (Å²) in [5.74, 6) is 0. The second-order valence-electron chi connectivity index (χ2n) is 3.26. The molecule has 1 aliphatic carbocycles. The number of fused-ring (bicyclic) bond motifs is 1. The molecule has 0 aromatic heterocycles. The summed E-state index contributed by atoms with van der Waals surface area (Å²) < 4.78 is 15.6. The van der Waals surface area contributed by atoms with Gasteiger partial charge in [0, 0.05) is 5.56 Å². The molecule has 0 radical (unpaired) electrons. The molecule has 1 aromatic carbocycles. The van der Waals surface area contributed by atoms with Gasteiger partial charge in [0.1, 0.15) is 5.72 Å². The van der Waals surface area contributed by atoms with E-state index in [4.69, 9.17) is 10.3 Å². The highest BCUT2D eigenvalue weighted by atomic mass is 31.1. The lowest BCUT2D eigenvalue weighted by atomic mass is 10.1. The lowest BCUT2D eigenvalue weighted by Gasteiger charge is -2.22. The second-order valence-corrected chi connectivity index (χ2v) is 3.69. The minimum absolute atomic E-state index is 0.724. The molecule has 1 aliphatic rings. The third kappa shape index (κ3) is 1.44. The van der Waals surface area contributed by atoms with E-state index >= 15 is 0 Å². The Bertz CT molecular complexity index is 342. The molecule has 0 bridgehead atoms. The van der Waals surface area contributed by atoms with Gasteiger partial charge >= 0.3 is 0 Å². The molecule has 0 spiro atoms.